The molecule has 230 valence electrons. The standard InChI is InChI=1S/C33H33Cl2N3O6/c1-20(42-21(2)40)32(41)36-16-23-4-3-5-27(14-23)24-10-12-26(13-11-24)33-43-28(17-38-19-37-30(34)31(38)35)15-29(44-33)25-8-6-22(18-39)7-9-25/h3-14,19-20,28-29,33,39H,15-18H2,1-2H3,(H,36,41)/t20-,28+,29-,33-/m0/s1. The Bertz CT molecular complexity index is 1590. The maximum atomic E-state index is 12.2. The summed E-state index contributed by atoms with van der Waals surface area (Å²) in [7, 11) is 0. The molecule has 9 nitrogen and oxygen atoms in total. The molecule has 2 heterocycles. The minimum atomic E-state index is -0.860. The number of aliphatic hydroxyl groups excluding tert-OH is 1. The lowest BCUT2D eigenvalue weighted by Gasteiger charge is -2.36. The molecule has 4 aromatic rings. The van der Waals surface area contributed by atoms with E-state index in [0.717, 1.165) is 33.4 Å². The topological polar surface area (TPSA) is 112 Å². The molecule has 4 atom stereocenters. The van der Waals surface area contributed by atoms with Crippen molar-refractivity contribution < 1.29 is 28.9 Å². The number of esters is 1. The molecule has 0 aliphatic carbocycles. The van der Waals surface area contributed by atoms with Gasteiger partial charge in [-0.25, -0.2) is 4.98 Å². The van der Waals surface area contributed by atoms with Gasteiger partial charge in [-0.2, -0.15) is 0 Å². The third-order valence-electron chi connectivity index (χ3n) is 7.37. The fourth-order valence-electron chi connectivity index (χ4n) is 5.05. The molecule has 1 aliphatic heterocycles. The molecule has 11 heteroatoms. The van der Waals surface area contributed by atoms with Crippen molar-refractivity contribution in [1.29, 1.82) is 0 Å². The molecule has 3 aromatic carbocycles. The number of amides is 1. The van der Waals surface area contributed by atoms with Crippen molar-refractivity contribution in [2.45, 2.75) is 64.6 Å². The second-order valence-electron chi connectivity index (χ2n) is 10.6. The Morgan fingerprint density at radius 1 is 1.02 bits per heavy atom. The molecule has 0 radical (unpaired) electrons. The summed E-state index contributed by atoms with van der Waals surface area (Å²) in [5, 5.41) is 12.9. The number of ether oxygens (including phenoxy) is 3. The van der Waals surface area contributed by atoms with E-state index in [1.165, 1.54) is 13.8 Å². The van der Waals surface area contributed by atoms with Crippen molar-refractivity contribution in [3.8, 4) is 11.1 Å². The first-order valence-electron chi connectivity index (χ1n) is 14.2. The van der Waals surface area contributed by atoms with E-state index in [9.17, 15) is 14.7 Å². The van der Waals surface area contributed by atoms with E-state index in [2.05, 4.69) is 10.3 Å². The average Bonchev–Trinajstić information content (AvgIpc) is 3.35. The molecular weight excluding hydrogens is 605 g/mol. The number of carbonyl (C=O) groups is 2. The molecular formula is C33H33Cl2N3O6. The maximum absolute atomic E-state index is 12.2. The van der Waals surface area contributed by atoms with E-state index in [4.69, 9.17) is 37.4 Å². The van der Waals surface area contributed by atoms with Gasteiger partial charge in [0.25, 0.3) is 5.91 Å². The van der Waals surface area contributed by atoms with E-state index < -0.39 is 18.4 Å². The molecule has 2 N–H and O–H groups in total. The molecule has 1 amide bonds. The number of nitrogens with one attached hydrogen (secondary N) is 1. The van der Waals surface area contributed by atoms with E-state index >= 15 is 0 Å². The normalized spacial score (nSPS) is 18.9. The van der Waals surface area contributed by atoms with Gasteiger partial charge in [0.2, 0.25) is 0 Å². The largest absolute Gasteiger partial charge is 0.453 e. The van der Waals surface area contributed by atoms with Crippen LogP contribution in [0, 0.1) is 0 Å². The second kappa shape index (κ2) is 14.4. The van der Waals surface area contributed by atoms with Gasteiger partial charge in [0.05, 0.1) is 31.7 Å². The number of aromatic nitrogens is 2. The second-order valence-corrected chi connectivity index (χ2v) is 11.3. The van der Waals surface area contributed by atoms with Gasteiger partial charge in [-0.15, -0.1) is 0 Å². The molecule has 1 aliphatic rings. The monoisotopic (exact) mass is 637 g/mol. The lowest BCUT2D eigenvalue weighted by atomic mass is 9.99. The Hall–Kier alpha value is -3.73. The fraction of sp³-hybridized carbons (Fsp3) is 0.303. The molecule has 0 spiro atoms. The highest BCUT2D eigenvalue weighted by molar-refractivity contribution is 6.40. The van der Waals surface area contributed by atoms with Crippen LogP contribution in [0.5, 0.6) is 0 Å². The first-order chi connectivity index (χ1) is 21.2. The number of benzene rings is 3. The first-order valence-corrected chi connectivity index (χ1v) is 15.0. The smallest absolute Gasteiger partial charge is 0.303 e. The predicted molar refractivity (Wildman–Crippen MR) is 166 cm³/mol. The van der Waals surface area contributed by atoms with Gasteiger partial charge >= 0.3 is 5.97 Å². The van der Waals surface area contributed by atoms with Crippen LogP contribution in [-0.4, -0.2) is 38.7 Å². The van der Waals surface area contributed by atoms with Crippen LogP contribution in [0.15, 0.2) is 79.1 Å². The van der Waals surface area contributed by atoms with Crippen molar-refractivity contribution in [3.63, 3.8) is 0 Å². The Labute approximate surface area is 265 Å². The fourth-order valence-corrected chi connectivity index (χ4v) is 5.37. The number of nitrogens with zero attached hydrogens (tertiary/aromatic N) is 2. The van der Waals surface area contributed by atoms with Crippen LogP contribution in [0.1, 0.15) is 54.9 Å². The zero-order chi connectivity index (χ0) is 31.2. The van der Waals surface area contributed by atoms with E-state index in [0.29, 0.717) is 24.7 Å². The van der Waals surface area contributed by atoms with Gasteiger partial charge in [0.1, 0.15) is 5.15 Å². The Morgan fingerprint density at radius 3 is 2.41 bits per heavy atom. The van der Waals surface area contributed by atoms with Crippen LogP contribution in [0.4, 0.5) is 0 Å². The molecule has 44 heavy (non-hydrogen) atoms. The number of hydrogen-bond acceptors (Lipinski definition) is 7. The molecule has 5 rings (SSSR count). The van der Waals surface area contributed by atoms with Crippen LogP contribution in [0.3, 0.4) is 0 Å². The number of carbonyl (C=O) groups excluding carboxylic acids is 2. The summed E-state index contributed by atoms with van der Waals surface area (Å²) in [6.07, 6.45) is 0.194. The molecule has 1 saturated heterocycles. The summed E-state index contributed by atoms with van der Waals surface area (Å²) in [5.41, 5.74) is 5.54. The Balaban J connectivity index is 1.31. The third-order valence-corrected chi connectivity index (χ3v) is 8.14. The van der Waals surface area contributed by atoms with Crippen molar-refractivity contribution in [2.24, 2.45) is 0 Å². The van der Waals surface area contributed by atoms with Crippen molar-refractivity contribution in [3.05, 3.63) is 112 Å². The highest BCUT2D eigenvalue weighted by Crippen LogP contribution is 2.39. The van der Waals surface area contributed by atoms with Crippen molar-refractivity contribution >= 4 is 35.1 Å². The zero-order valence-corrected chi connectivity index (χ0v) is 25.8. The quantitative estimate of drug-likeness (QED) is 0.200. The van der Waals surface area contributed by atoms with Gasteiger partial charge in [-0.1, -0.05) is 89.9 Å². The highest BCUT2D eigenvalue weighted by Gasteiger charge is 2.33. The van der Waals surface area contributed by atoms with E-state index in [1.807, 2.05) is 72.8 Å². The van der Waals surface area contributed by atoms with Crippen LogP contribution in [-0.2, 0) is 43.5 Å². The minimum Gasteiger partial charge on any atom is -0.453 e. The lowest BCUT2D eigenvalue weighted by Crippen LogP contribution is -2.35. The van der Waals surface area contributed by atoms with Crippen molar-refractivity contribution in [1.82, 2.24) is 14.9 Å². The zero-order valence-electron chi connectivity index (χ0n) is 24.3. The van der Waals surface area contributed by atoms with Gasteiger partial charge in [0.15, 0.2) is 17.5 Å². The molecule has 0 unspecified atom stereocenters. The SMILES string of the molecule is CC(=O)O[C@@H](C)C(=O)NCc1cccc(-c2ccc([C@H]3O[C@@H](Cn4cnc(Cl)c4Cl)C[C@@H](c4ccc(CO)cc4)O3)cc2)c1. The summed E-state index contributed by atoms with van der Waals surface area (Å²) < 4.78 is 19.6. The number of halogens is 2. The van der Waals surface area contributed by atoms with Gasteiger partial charge in [-0.3, -0.25) is 9.59 Å². The number of hydrogen-bond donors (Lipinski definition) is 2. The van der Waals surface area contributed by atoms with Crippen LogP contribution in [0.25, 0.3) is 11.1 Å². The van der Waals surface area contributed by atoms with Crippen LogP contribution < -0.4 is 5.32 Å². The van der Waals surface area contributed by atoms with Crippen LogP contribution in [0.2, 0.25) is 10.3 Å². The van der Waals surface area contributed by atoms with Crippen LogP contribution >= 0.6 is 23.2 Å². The Kier molecular flexibility index (Phi) is 10.3. The summed E-state index contributed by atoms with van der Waals surface area (Å²) in [6, 6.07) is 23.5. The lowest BCUT2D eigenvalue weighted by molar-refractivity contribution is -0.252. The van der Waals surface area contributed by atoms with Gasteiger partial charge in [0, 0.05) is 25.5 Å². The van der Waals surface area contributed by atoms with Crippen molar-refractivity contribution in [2.75, 3.05) is 0 Å². The predicted octanol–water partition coefficient (Wildman–Crippen LogP) is 6.16. The number of rotatable bonds is 10. The number of aliphatic hydroxyl groups is 1. The first kappa shape index (κ1) is 31.7. The van der Waals surface area contributed by atoms with Gasteiger partial charge in [-0.05, 0) is 40.8 Å². The Morgan fingerprint density at radius 2 is 1.75 bits per heavy atom. The summed E-state index contributed by atoms with van der Waals surface area (Å²) >= 11 is 12.4. The number of imidazole rings is 1. The molecule has 0 saturated carbocycles. The maximum Gasteiger partial charge on any atom is 0.303 e. The highest BCUT2D eigenvalue weighted by atomic mass is 35.5. The third kappa shape index (κ3) is 7.85. The van der Waals surface area contributed by atoms with E-state index in [-0.39, 0.29) is 29.9 Å². The molecule has 1 fully saturated rings. The summed E-state index contributed by atoms with van der Waals surface area (Å²) in [5.74, 6) is -0.862. The summed E-state index contributed by atoms with van der Waals surface area (Å²) in [4.78, 5) is 27.5. The molecule has 0 bridgehead atoms. The van der Waals surface area contributed by atoms with Gasteiger partial charge < -0.3 is 29.2 Å². The minimum absolute atomic E-state index is 0.0285. The molecule has 1 aromatic heterocycles. The summed E-state index contributed by atoms with van der Waals surface area (Å²) in [6.45, 7) is 3.53. The van der Waals surface area contributed by atoms with E-state index in [1.54, 1.807) is 10.9 Å². The average molecular weight is 639 g/mol.